The van der Waals surface area contributed by atoms with Gasteiger partial charge >= 0.3 is 0 Å². The van der Waals surface area contributed by atoms with Gasteiger partial charge in [0.1, 0.15) is 18.2 Å². The molecule has 5 heteroatoms. The van der Waals surface area contributed by atoms with Gasteiger partial charge in [-0.2, -0.15) is 0 Å². The van der Waals surface area contributed by atoms with Crippen molar-refractivity contribution in [2.45, 2.75) is 13.2 Å². The third-order valence-corrected chi connectivity index (χ3v) is 4.13. The maximum atomic E-state index is 13.8. The van der Waals surface area contributed by atoms with Crippen LogP contribution in [0.25, 0.3) is 0 Å². The molecule has 0 saturated heterocycles. The maximum Gasteiger partial charge on any atom is 0.130 e. The second kappa shape index (κ2) is 8.65. The number of hydrazine groups is 1. The third-order valence-electron chi connectivity index (χ3n) is 3.63. The first-order valence-corrected chi connectivity index (χ1v) is 8.69. The van der Waals surface area contributed by atoms with Crippen LogP contribution < -0.4 is 15.6 Å². The van der Waals surface area contributed by atoms with Crippen molar-refractivity contribution in [3.05, 3.63) is 94.2 Å². The first-order valence-electron chi connectivity index (χ1n) is 7.90. The van der Waals surface area contributed by atoms with Crippen molar-refractivity contribution in [2.75, 3.05) is 5.43 Å². The smallest absolute Gasteiger partial charge is 0.130 e. The summed E-state index contributed by atoms with van der Waals surface area (Å²) in [6.45, 7) is 0.878. The van der Waals surface area contributed by atoms with Crippen LogP contribution in [-0.4, -0.2) is 0 Å². The quantitative estimate of drug-likeness (QED) is 0.529. The Hall–Kier alpha value is -2.37. The molecule has 0 aliphatic rings. The molecule has 0 radical (unpaired) electrons. The van der Waals surface area contributed by atoms with E-state index in [9.17, 15) is 4.39 Å². The standard InChI is InChI=1S/C20H18BrFN2O/c21-17-9-8-16(20(22)12-17)14-25-19-10-6-15(7-11-19)13-23-24-18-4-2-1-3-5-18/h1-12,23-24H,13-14H2. The van der Waals surface area contributed by atoms with E-state index in [-0.39, 0.29) is 12.4 Å². The predicted octanol–water partition coefficient (Wildman–Crippen LogP) is 5.28. The summed E-state index contributed by atoms with van der Waals surface area (Å²) in [6, 6.07) is 22.6. The fourth-order valence-electron chi connectivity index (χ4n) is 2.27. The van der Waals surface area contributed by atoms with Gasteiger partial charge < -0.3 is 10.2 Å². The summed E-state index contributed by atoms with van der Waals surface area (Å²) in [5.74, 6) is 0.435. The summed E-state index contributed by atoms with van der Waals surface area (Å²) in [4.78, 5) is 0. The molecular formula is C20H18BrFN2O. The van der Waals surface area contributed by atoms with Crippen LogP contribution in [-0.2, 0) is 13.2 Å². The van der Waals surface area contributed by atoms with Gasteiger partial charge in [0.15, 0.2) is 0 Å². The van der Waals surface area contributed by atoms with Crippen LogP contribution >= 0.6 is 15.9 Å². The van der Waals surface area contributed by atoms with E-state index >= 15 is 0 Å². The average molecular weight is 401 g/mol. The number of para-hydroxylation sites is 1. The van der Waals surface area contributed by atoms with E-state index in [4.69, 9.17) is 4.74 Å². The minimum atomic E-state index is -0.276. The lowest BCUT2D eigenvalue weighted by Crippen LogP contribution is -2.20. The zero-order valence-corrected chi connectivity index (χ0v) is 15.1. The molecule has 0 atom stereocenters. The summed E-state index contributed by atoms with van der Waals surface area (Å²) in [6.07, 6.45) is 0. The highest BCUT2D eigenvalue weighted by atomic mass is 79.9. The molecule has 3 aromatic carbocycles. The van der Waals surface area contributed by atoms with Gasteiger partial charge in [0.2, 0.25) is 0 Å². The van der Waals surface area contributed by atoms with E-state index in [0.29, 0.717) is 17.9 Å². The number of hydrogen-bond donors (Lipinski definition) is 2. The molecule has 0 saturated carbocycles. The first kappa shape index (κ1) is 17.5. The second-order valence-electron chi connectivity index (χ2n) is 5.51. The van der Waals surface area contributed by atoms with Crippen molar-refractivity contribution in [3.8, 4) is 5.75 Å². The summed E-state index contributed by atoms with van der Waals surface area (Å²) < 4.78 is 20.1. The lowest BCUT2D eigenvalue weighted by Gasteiger charge is -2.10. The highest BCUT2D eigenvalue weighted by Gasteiger charge is 2.04. The van der Waals surface area contributed by atoms with Crippen LogP contribution in [0, 0.1) is 5.82 Å². The molecule has 0 bridgehead atoms. The van der Waals surface area contributed by atoms with Crippen LogP contribution in [0.5, 0.6) is 5.75 Å². The van der Waals surface area contributed by atoms with Gasteiger partial charge in [0.25, 0.3) is 0 Å². The Kier molecular flexibility index (Phi) is 6.04. The lowest BCUT2D eigenvalue weighted by molar-refractivity contribution is 0.299. The van der Waals surface area contributed by atoms with E-state index in [2.05, 4.69) is 26.8 Å². The van der Waals surface area contributed by atoms with Crippen LogP contribution in [0.1, 0.15) is 11.1 Å². The van der Waals surface area contributed by atoms with Gasteiger partial charge in [0.05, 0.1) is 0 Å². The van der Waals surface area contributed by atoms with Crippen LogP contribution in [0.3, 0.4) is 0 Å². The Balaban J connectivity index is 1.48. The molecule has 25 heavy (non-hydrogen) atoms. The fraction of sp³-hybridized carbons (Fsp3) is 0.100. The normalized spacial score (nSPS) is 10.5. The molecule has 0 unspecified atom stereocenters. The summed E-state index contributed by atoms with van der Waals surface area (Å²) in [5, 5.41) is 0. The van der Waals surface area contributed by atoms with Crippen LogP contribution in [0.15, 0.2) is 77.3 Å². The number of halogens is 2. The molecule has 3 nitrogen and oxygen atoms in total. The summed E-state index contributed by atoms with van der Waals surface area (Å²) in [5.41, 5.74) is 8.96. The minimum absolute atomic E-state index is 0.201. The monoisotopic (exact) mass is 400 g/mol. The SMILES string of the molecule is Fc1cc(Br)ccc1COc1ccc(CNNc2ccccc2)cc1. The van der Waals surface area contributed by atoms with Crippen molar-refractivity contribution in [3.63, 3.8) is 0 Å². The summed E-state index contributed by atoms with van der Waals surface area (Å²) >= 11 is 3.24. The fourth-order valence-corrected chi connectivity index (χ4v) is 2.61. The Morgan fingerprint density at radius 1 is 0.920 bits per heavy atom. The van der Waals surface area contributed by atoms with Crippen molar-refractivity contribution >= 4 is 21.6 Å². The van der Waals surface area contributed by atoms with E-state index in [1.54, 1.807) is 12.1 Å². The first-order chi connectivity index (χ1) is 12.2. The van der Waals surface area contributed by atoms with E-state index < -0.39 is 0 Å². The number of benzene rings is 3. The van der Waals surface area contributed by atoms with E-state index in [0.717, 1.165) is 15.7 Å². The van der Waals surface area contributed by atoms with Gasteiger partial charge in [-0.25, -0.2) is 9.82 Å². The summed E-state index contributed by atoms with van der Waals surface area (Å²) in [7, 11) is 0. The highest BCUT2D eigenvalue weighted by Crippen LogP contribution is 2.18. The number of ether oxygens (including phenoxy) is 1. The zero-order valence-electron chi connectivity index (χ0n) is 13.5. The molecule has 0 amide bonds. The maximum absolute atomic E-state index is 13.8. The Morgan fingerprint density at radius 3 is 2.40 bits per heavy atom. The van der Waals surface area contributed by atoms with Crippen LogP contribution in [0.2, 0.25) is 0 Å². The van der Waals surface area contributed by atoms with Crippen molar-refractivity contribution in [2.24, 2.45) is 0 Å². The van der Waals surface area contributed by atoms with Gasteiger partial charge in [-0.3, -0.25) is 0 Å². The molecule has 0 fully saturated rings. The van der Waals surface area contributed by atoms with Crippen molar-refractivity contribution < 1.29 is 9.13 Å². The van der Waals surface area contributed by atoms with Crippen molar-refractivity contribution in [1.82, 2.24) is 5.43 Å². The number of rotatable bonds is 7. The Morgan fingerprint density at radius 2 is 1.68 bits per heavy atom. The molecule has 0 spiro atoms. The lowest BCUT2D eigenvalue weighted by atomic mass is 10.2. The molecule has 0 heterocycles. The predicted molar refractivity (Wildman–Crippen MR) is 102 cm³/mol. The van der Waals surface area contributed by atoms with Gasteiger partial charge in [-0.05, 0) is 42.0 Å². The minimum Gasteiger partial charge on any atom is -0.489 e. The molecule has 0 aliphatic heterocycles. The number of anilines is 1. The van der Waals surface area contributed by atoms with Crippen LogP contribution in [0.4, 0.5) is 10.1 Å². The molecule has 0 aliphatic carbocycles. The molecule has 3 aromatic rings. The molecule has 2 N–H and O–H groups in total. The van der Waals surface area contributed by atoms with Crippen molar-refractivity contribution in [1.29, 1.82) is 0 Å². The van der Waals surface area contributed by atoms with Gasteiger partial charge in [0, 0.05) is 22.3 Å². The van der Waals surface area contributed by atoms with Gasteiger partial charge in [-0.15, -0.1) is 0 Å². The average Bonchev–Trinajstić information content (AvgIpc) is 2.63. The highest BCUT2D eigenvalue weighted by molar-refractivity contribution is 9.10. The number of nitrogens with one attached hydrogen (secondary N) is 2. The molecule has 0 aromatic heterocycles. The Labute approximate surface area is 154 Å². The van der Waals surface area contributed by atoms with Gasteiger partial charge in [-0.1, -0.05) is 52.3 Å². The zero-order chi connectivity index (χ0) is 17.5. The van der Waals surface area contributed by atoms with E-state index in [1.807, 2.05) is 54.6 Å². The largest absolute Gasteiger partial charge is 0.489 e. The molecule has 128 valence electrons. The molecule has 3 rings (SSSR count). The third kappa shape index (κ3) is 5.31. The Bertz CT molecular complexity index is 810. The molecular weight excluding hydrogens is 383 g/mol. The van der Waals surface area contributed by atoms with E-state index in [1.165, 1.54) is 6.07 Å². The second-order valence-corrected chi connectivity index (χ2v) is 6.43. The topological polar surface area (TPSA) is 33.3 Å². The number of hydrogen-bond acceptors (Lipinski definition) is 3.